The van der Waals surface area contributed by atoms with Crippen molar-refractivity contribution in [2.45, 2.75) is 20.8 Å². The fourth-order valence-electron chi connectivity index (χ4n) is 1.20. The van der Waals surface area contributed by atoms with Gasteiger partial charge in [0.2, 0.25) is 0 Å². The van der Waals surface area contributed by atoms with E-state index in [9.17, 15) is 4.79 Å². The Kier molecular flexibility index (Phi) is 4.35. The molecule has 0 heterocycles. The summed E-state index contributed by atoms with van der Waals surface area (Å²) in [6.45, 7) is 7.06. The van der Waals surface area contributed by atoms with E-state index < -0.39 is 0 Å². The Hall–Kier alpha value is -1.51. The minimum Gasteiger partial charge on any atom is -0.508 e. The van der Waals surface area contributed by atoms with Gasteiger partial charge < -0.3 is 10.4 Å². The molecule has 0 saturated heterocycles. The maximum Gasteiger partial charge on any atom is 0.251 e. The molecule has 0 spiro atoms. The van der Waals surface area contributed by atoms with Gasteiger partial charge >= 0.3 is 0 Å². The van der Waals surface area contributed by atoms with Gasteiger partial charge in [0.25, 0.3) is 5.91 Å². The molecule has 0 radical (unpaired) electrons. The van der Waals surface area contributed by atoms with E-state index in [2.05, 4.69) is 26.1 Å². The fraction of sp³-hybridized carbons (Fsp3) is 0.462. The van der Waals surface area contributed by atoms with E-state index in [-0.39, 0.29) is 11.7 Å². The first-order valence-electron chi connectivity index (χ1n) is 5.58. The van der Waals surface area contributed by atoms with Crippen LogP contribution in [0.5, 0.6) is 5.75 Å². The summed E-state index contributed by atoms with van der Waals surface area (Å²) in [6.07, 6.45) is 0. The highest BCUT2D eigenvalue weighted by Crippen LogP contribution is 2.11. The summed E-state index contributed by atoms with van der Waals surface area (Å²) >= 11 is 0. The van der Waals surface area contributed by atoms with E-state index >= 15 is 0 Å². The molecule has 88 valence electrons. The number of amides is 1. The number of carbonyl (C=O) groups is 1. The molecule has 0 aliphatic heterocycles. The van der Waals surface area contributed by atoms with Crippen LogP contribution in [0.25, 0.3) is 0 Å². The van der Waals surface area contributed by atoms with Crippen molar-refractivity contribution >= 4 is 5.91 Å². The van der Waals surface area contributed by atoms with Crippen molar-refractivity contribution in [3.05, 3.63) is 29.8 Å². The fourth-order valence-corrected chi connectivity index (χ4v) is 1.20. The van der Waals surface area contributed by atoms with E-state index in [4.69, 9.17) is 5.11 Å². The third-order valence-electron chi connectivity index (χ3n) is 2.85. The number of carbonyl (C=O) groups excluding carboxylic acids is 1. The smallest absolute Gasteiger partial charge is 0.251 e. The largest absolute Gasteiger partial charge is 0.508 e. The van der Waals surface area contributed by atoms with Gasteiger partial charge in [-0.2, -0.15) is 0 Å². The zero-order valence-corrected chi connectivity index (χ0v) is 10.0. The molecule has 16 heavy (non-hydrogen) atoms. The van der Waals surface area contributed by atoms with Gasteiger partial charge in [-0.25, -0.2) is 0 Å². The van der Waals surface area contributed by atoms with Crippen LogP contribution in [-0.4, -0.2) is 17.6 Å². The minimum absolute atomic E-state index is 0.0903. The number of hydrogen-bond acceptors (Lipinski definition) is 2. The third-order valence-corrected chi connectivity index (χ3v) is 2.85. The van der Waals surface area contributed by atoms with Gasteiger partial charge in [0.15, 0.2) is 0 Å². The molecule has 3 nitrogen and oxygen atoms in total. The Bertz CT molecular complexity index is 343. The van der Waals surface area contributed by atoms with Crippen LogP contribution in [0.1, 0.15) is 31.1 Å². The number of aromatic hydroxyl groups is 1. The predicted octanol–water partition coefficient (Wildman–Crippen LogP) is 2.41. The zero-order valence-electron chi connectivity index (χ0n) is 10.0. The van der Waals surface area contributed by atoms with Crippen LogP contribution in [0.4, 0.5) is 0 Å². The van der Waals surface area contributed by atoms with E-state index in [1.54, 1.807) is 12.1 Å². The maximum atomic E-state index is 11.7. The first-order chi connectivity index (χ1) is 7.50. The maximum absolute atomic E-state index is 11.7. The number of benzene rings is 1. The van der Waals surface area contributed by atoms with Crippen LogP contribution in [0.3, 0.4) is 0 Å². The summed E-state index contributed by atoms with van der Waals surface area (Å²) in [5.74, 6) is 1.10. The van der Waals surface area contributed by atoms with Crippen molar-refractivity contribution < 1.29 is 9.90 Å². The number of rotatable bonds is 4. The second kappa shape index (κ2) is 5.54. The predicted molar refractivity (Wildman–Crippen MR) is 64.4 cm³/mol. The molecule has 2 N–H and O–H groups in total. The van der Waals surface area contributed by atoms with E-state index in [1.807, 2.05) is 0 Å². The molecule has 1 rings (SSSR count). The van der Waals surface area contributed by atoms with Gasteiger partial charge in [0.1, 0.15) is 5.75 Å². The number of nitrogens with one attached hydrogen (secondary N) is 1. The molecule has 0 bridgehead atoms. The van der Waals surface area contributed by atoms with Crippen molar-refractivity contribution in [2.24, 2.45) is 11.8 Å². The molecule has 1 atom stereocenters. The minimum atomic E-state index is -0.0903. The molecular formula is C13H19NO2. The van der Waals surface area contributed by atoms with E-state index in [1.165, 1.54) is 12.1 Å². The monoisotopic (exact) mass is 221 g/mol. The van der Waals surface area contributed by atoms with Gasteiger partial charge in [-0.1, -0.05) is 20.8 Å². The highest BCUT2D eigenvalue weighted by Gasteiger charge is 2.10. The molecule has 1 amide bonds. The van der Waals surface area contributed by atoms with Crippen molar-refractivity contribution in [2.75, 3.05) is 6.54 Å². The van der Waals surface area contributed by atoms with Crippen LogP contribution >= 0.6 is 0 Å². The molecule has 1 aromatic carbocycles. The summed E-state index contributed by atoms with van der Waals surface area (Å²) < 4.78 is 0. The Morgan fingerprint density at radius 3 is 2.31 bits per heavy atom. The van der Waals surface area contributed by atoms with Gasteiger partial charge in [-0.3, -0.25) is 4.79 Å². The van der Waals surface area contributed by atoms with E-state index in [0.29, 0.717) is 23.9 Å². The standard InChI is InChI=1S/C13H19NO2/c1-9(2)10(3)8-14-13(16)11-4-6-12(15)7-5-11/h4-7,9-10,15H,8H2,1-3H3,(H,14,16). The number of phenols is 1. The van der Waals surface area contributed by atoms with Crippen LogP contribution in [0, 0.1) is 11.8 Å². The highest BCUT2D eigenvalue weighted by molar-refractivity contribution is 5.94. The molecule has 3 heteroatoms. The lowest BCUT2D eigenvalue weighted by Gasteiger charge is -2.16. The molecule has 0 aromatic heterocycles. The van der Waals surface area contributed by atoms with Crippen molar-refractivity contribution in [1.29, 1.82) is 0 Å². The quantitative estimate of drug-likeness (QED) is 0.820. The first-order valence-corrected chi connectivity index (χ1v) is 5.58. The van der Waals surface area contributed by atoms with Gasteiger partial charge in [-0.05, 0) is 36.1 Å². The summed E-state index contributed by atoms with van der Waals surface area (Å²) in [4.78, 5) is 11.7. The Labute approximate surface area is 96.5 Å². The molecule has 1 unspecified atom stereocenters. The van der Waals surface area contributed by atoms with Crippen LogP contribution in [0.15, 0.2) is 24.3 Å². The van der Waals surface area contributed by atoms with Gasteiger partial charge in [-0.15, -0.1) is 0 Å². The van der Waals surface area contributed by atoms with Gasteiger partial charge in [0.05, 0.1) is 0 Å². The summed E-state index contributed by atoms with van der Waals surface area (Å²) in [5.41, 5.74) is 0.578. The van der Waals surface area contributed by atoms with Crippen molar-refractivity contribution in [1.82, 2.24) is 5.32 Å². The molecular weight excluding hydrogens is 202 g/mol. The van der Waals surface area contributed by atoms with E-state index in [0.717, 1.165) is 0 Å². The average Bonchev–Trinajstić information content (AvgIpc) is 2.26. The number of phenolic OH excluding ortho intramolecular Hbond substituents is 1. The summed E-state index contributed by atoms with van der Waals surface area (Å²) in [6, 6.07) is 6.26. The van der Waals surface area contributed by atoms with Crippen molar-refractivity contribution in [3.8, 4) is 5.75 Å². The van der Waals surface area contributed by atoms with Crippen LogP contribution in [-0.2, 0) is 0 Å². The molecule has 0 saturated carbocycles. The summed E-state index contributed by atoms with van der Waals surface area (Å²) in [7, 11) is 0. The van der Waals surface area contributed by atoms with Crippen LogP contribution in [0.2, 0.25) is 0 Å². The molecule has 1 aromatic rings. The SMILES string of the molecule is CC(C)C(C)CNC(=O)c1ccc(O)cc1. The van der Waals surface area contributed by atoms with Crippen molar-refractivity contribution in [3.63, 3.8) is 0 Å². The summed E-state index contributed by atoms with van der Waals surface area (Å²) in [5, 5.41) is 12.0. The van der Waals surface area contributed by atoms with Crippen LogP contribution < -0.4 is 5.32 Å². The first kappa shape index (κ1) is 12.6. The lowest BCUT2D eigenvalue weighted by molar-refractivity contribution is 0.0945. The number of hydrogen-bond donors (Lipinski definition) is 2. The second-order valence-corrected chi connectivity index (χ2v) is 4.48. The average molecular weight is 221 g/mol. The third kappa shape index (κ3) is 3.57. The second-order valence-electron chi connectivity index (χ2n) is 4.48. The normalized spacial score (nSPS) is 12.5. The lowest BCUT2D eigenvalue weighted by atomic mass is 9.98. The molecule has 0 aliphatic rings. The molecule has 0 fully saturated rings. The van der Waals surface area contributed by atoms with Gasteiger partial charge in [0, 0.05) is 12.1 Å². The Balaban J connectivity index is 2.50. The highest BCUT2D eigenvalue weighted by atomic mass is 16.3. The topological polar surface area (TPSA) is 49.3 Å². The zero-order chi connectivity index (χ0) is 12.1. The lowest BCUT2D eigenvalue weighted by Crippen LogP contribution is -2.30. The molecule has 0 aliphatic carbocycles. The Morgan fingerprint density at radius 1 is 1.25 bits per heavy atom. The Morgan fingerprint density at radius 2 is 1.81 bits per heavy atom.